The van der Waals surface area contributed by atoms with Crippen molar-refractivity contribution in [1.29, 1.82) is 0 Å². The highest BCUT2D eigenvalue weighted by Crippen LogP contribution is 2.33. The monoisotopic (exact) mass is 431 g/mol. The summed E-state index contributed by atoms with van der Waals surface area (Å²) in [7, 11) is 0. The van der Waals surface area contributed by atoms with Gasteiger partial charge < -0.3 is 15.0 Å². The van der Waals surface area contributed by atoms with Crippen LogP contribution in [0, 0.1) is 6.92 Å². The van der Waals surface area contributed by atoms with Gasteiger partial charge in [-0.15, -0.1) is 0 Å². The van der Waals surface area contributed by atoms with Gasteiger partial charge in [-0.2, -0.15) is 0 Å². The second-order valence-electron chi connectivity index (χ2n) is 8.64. The highest BCUT2D eigenvalue weighted by Gasteiger charge is 2.51. The number of carbonyl (C=O) groups excluding carboxylic acids is 3. The highest BCUT2D eigenvalue weighted by atomic mass is 16.2. The van der Waals surface area contributed by atoms with Crippen LogP contribution >= 0.6 is 0 Å². The number of hydrogen-bond acceptors (Lipinski definition) is 4. The lowest BCUT2D eigenvalue weighted by Crippen LogP contribution is -2.48. The normalized spacial score (nSPS) is 17.7. The number of anilines is 1. The number of amides is 4. The third-order valence-corrected chi connectivity index (χ3v) is 6.40. The van der Waals surface area contributed by atoms with E-state index >= 15 is 0 Å². The van der Waals surface area contributed by atoms with E-state index in [2.05, 4.69) is 15.6 Å². The predicted octanol–water partition coefficient (Wildman–Crippen LogP) is 3.50. The minimum Gasteiger partial charge on any atom is -0.325 e. The number of imidazole rings is 1. The molecule has 2 aromatic heterocycles. The van der Waals surface area contributed by atoms with Gasteiger partial charge in [0.1, 0.15) is 17.7 Å². The van der Waals surface area contributed by atoms with Gasteiger partial charge in [0.25, 0.3) is 5.91 Å². The fourth-order valence-electron chi connectivity index (χ4n) is 4.68. The summed E-state index contributed by atoms with van der Waals surface area (Å²) in [4.78, 5) is 43.4. The summed E-state index contributed by atoms with van der Waals surface area (Å²) in [5.74, 6) is -0.688. The van der Waals surface area contributed by atoms with Crippen LogP contribution in [0.5, 0.6) is 0 Å². The van der Waals surface area contributed by atoms with Crippen molar-refractivity contribution in [2.75, 3.05) is 11.9 Å². The number of rotatable bonds is 4. The van der Waals surface area contributed by atoms with Crippen LogP contribution < -0.4 is 10.6 Å². The van der Waals surface area contributed by atoms with E-state index in [4.69, 9.17) is 0 Å². The standard InChI is InChI=1S/C24H25N5O3/c1-16-6-5-13-28-14-19(26-21(16)28)17-7-9-18(10-8-17)25-20(30)15-29-22(31)24(27-23(29)32)11-3-2-4-12-24/h5-10,13-14H,2-4,11-12,15H2,1H3,(H,25,30)(H,27,32). The van der Waals surface area contributed by atoms with Crippen molar-refractivity contribution in [3.05, 3.63) is 54.4 Å². The van der Waals surface area contributed by atoms with E-state index in [1.54, 1.807) is 12.1 Å². The largest absolute Gasteiger partial charge is 0.325 e. The van der Waals surface area contributed by atoms with Gasteiger partial charge in [-0.25, -0.2) is 9.78 Å². The number of imide groups is 1. The fourth-order valence-corrected chi connectivity index (χ4v) is 4.68. The zero-order valence-corrected chi connectivity index (χ0v) is 17.9. The molecule has 32 heavy (non-hydrogen) atoms. The molecule has 0 atom stereocenters. The molecule has 2 aliphatic rings. The maximum Gasteiger partial charge on any atom is 0.325 e. The molecule has 0 bridgehead atoms. The lowest BCUT2D eigenvalue weighted by molar-refractivity contribution is -0.134. The Hall–Kier alpha value is -3.68. The molecule has 1 aliphatic carbocycles. The summed E-state index contributed by atoms with van der Waals surface area (Å²) in [6.07, 6.45) is 8.08. The average Bonchev–Trinajstić information content (AvgIpc) is 3.31. The van der Waals surface area contributed by atoms with Crippen molar-refractivity contribution in [2.45, 2.75) is 44.6 Å². The van der Waals surface area contributed by atoms with Gasteiger partial charge in [-0.3, -0.25) is 14.5 Å². The zero-order valence-electron chi connectivity index (χ0n) is 17.9. The van der Waals surface area contributed by atoms with Crippen molar-refractivity contribution in [3.63, 3.8) is 0 Å². The van der Waals surface area contributed by atoms with Crippen molar-refractivity contribution >= 4 is 29.2 Å². The molecule has 8 nitrogen and oxygen atoms in total. The van der Waals surface area contributed by atoms with Gasteiger partial charge in [-0.1, -0.05) is 37.5 Å². The molecule has 1 saturated heterocycles. The molecule has 1 spiro atoms. The van der Waals surface area contributed by atoms with Gasteiger partial charge in [-0.05, 0) is 43.5 Å². The molecule has 2 fully saturated rings. The molecule has 5 rings (SSSR count). The second-order valence-corrected chi connectivity index (χ2v) is 8.64. The van der Waals surface area contributed by atoms with Crippen LogP contribution in [-0.2, 0) is 9.59 Å². The third kappa shape index (κ3) is 3.51. The summed E-state index contributed by atoms with van der Waals surface area (Å²) in [6.45, 7) is 1.73. The van der Waals surface area contributed by atoms with Gasteiger partial charge in [0.15, 0.2) is 0 Å². The highest BCUT2D eigenvalue weighted by molar-refractivity contribution is 6.10. The van der Waals surface area contributed by atoms with Gasteiger partial charge in [0, 0.05) is 23.6 Å². The molecule has 8 heteroatoms. The molecule has 1 saturated carbocycles. The summed E-state index contributed by atoms with van der Waals surface area (Å²) in [5.41, 5.74) is 3.55. The van der Waals surface area contributed by atoms with E-state index < -0.39 is 17.5 Å². The molecule has 3 aromatic rings. The van der Waals surface area contributed by atoms with Crippen LogP contribution in [0.1, 0.15) is 37.7 Å². The zero-order chi connectivity index (χ0) is 22.3. The van der Waals surface area contributed by atoms with Crippen LogP contribution in [0.25, 0.3) is 16.9 Å². The summed E-state index contributed by atoms with van der Waals surface area (Å²) in [5, 5.41) is 5.60. The number of carbonyl (C=O) groups is 3. The molecule has 0 unspecified atom stereocenters. The van der Waals surface area contributed by atoms with E-state index in [-0.39, 0.29) is 12.5 Å². The molecule has 3 heterocycles. The Bertz CT molecular complexity index is 1210. The van der Waals surface area contributed by atoms with Gasteiger partial charge in [0.2, 0.25) is 5.91 Å². The minimum absolute atomic E-state index is 0.283. The number of nitrogens with zero attached hydrogens (tertiary/aromatic N) is 3. The summed E-state index contributed by atoms with van der Waals surface area (Å²) in [6, 6.07) is 10.9. The minimum atomic E-state index is -0.816. The number of urea groups is 1. The van der Waals surface area contributed by atoms with E-state index in [9.17, 15) is 14.4 Å². The van der Waals surface area contributed by atoms with Crippen LogP contribution in [0.2, 0.25) is 0 Å². The van der Waals surface area contributed by atoms with Gasteiger partial charge in [0.05, 0.1) is 5.69 Å². The molecular weight excluding hydrogens is 406 g/mol. The first-order valence-corrected chi connectivity index (χ1v) is 10.9. The topological polar surface area (TPSA) is 95.8 Å². The van der Waals surface area contributed by atoms with Crippen LogP contribution in [0.15, 0.2) is 48.8 Å². The average molecular weight is 431 g/mol. The first kappa shape index (κ1) is 20.2. The Morgan fingerprint density at radius 3 is 2.59 bits per heavy atom. The number of nitrogens with one attached hydrogen (secondary N) is 2. The Labute approximate surface area is 185 Å². The Balaban J connectivity index is 1.25. The van der Waals surface area contributed by atoms with Crippen molar-refractivity contribution in [1.82, 2.24) is 19.6 Å². The summed E-state index contributed by atoms with van der Waals surface area (Å²) < 4.78 is 1.98. The van der Waals surface area contributed by atoms with E-state index in [1.165, 1.54) is 0 Å². The van der Waals surface area contributed by atoms with E-state index in [0.29, 0.717) is 18.5 Å². The van der Waals surface area contributed by atoms with E-state index in [1.807, 2.05) is 48.0 Å². The Morgan fingerprint density at radius 1 is 1.12 bits per heavy atom. The molecule has 4 amide bonds. The summed E-state index contributed by atoms with van der Waals surface area (Å²) >= 11 is 0. The number of hydrogen-bond donors (Lipinski definition) is 2. The predicted molar refractivity (Wildman–Crippen MR) is 120 cm³/mol. The number of aryl methyl sites for hydroxylation is 1. The molecule has 1 aromatic carbocycles. The van der Waals surface area contributed by atoms with Crippen LogP contribution in [-0.4, -0.2) is 44.2 Å². The maximum absolute atomic E-state index is 12.8. The molecule has 1 aliphatic heterocycles. The first-order valence-electron chi connectivity index (χ1n) is 10.9. The molecule has 2 N–H and O–H groups in total. The third-order valence-electron chi connectivity index (χ3n) is 6.40. The van der Waals surface area contributed by atoms with Crippen LogP contribution in [0.3, 0.4) is 0 Å². The van der Waals surface area contributed by atoms with Crippen molar-refractivity contribution < 1.29 is 14.4 Å². The van der Waals surface area contributed by atoms with Crippen LogP contribution in [0.4, 0.5) is 10.5 Å². The lowest BCUT2D eigenvalue weighted by atomic mass is 9.82. The molecule has 164 valence electrons. The first-order chi connectivity index (χ1) is 15.4. The quantitative estimate of drug-likeness (QED) is 0.618. The number of benzene rings is 1. The maximum atomic E-state index is 12.8. The SMILES string of the molecule is Cc1cccn2cc(-c3ccc(NC(=O)CN4C(=O)NC5(CCCCC5)C4=O)cc3)nc12. The smallest absolute Gasteiger partial charge is 0.325 e. The number of fused-ring (bicyclic) bond motifs is 1. The fraction of sp³-hybridized carbons (Fsp3) is 0.333. The van der Waals surface area contributed by atoms with E-state index in [0.717, 1.165) is 46.6 Å². The number of pyridine rings is 1. The van der Waals surface area contributed by atoms with Crippen molar-refractivity contribution in [3.8, 4) is 11.3 Å². The lowest BCUT2D eigenvalue weighted by Gasteiger charge is -2.30. The van der Waals surface area contributed by atoms with Gasteiger partial charge >= 0.3 is 6.03 Å². The molecular formula is C24H25N5O3. The molecule has 0 radical (unpaired) electrons. The Kier molecular flexibility index (Phi) is 4.92. The number of aromatic nitrogens is 2. The Morgan fingerprint density at radius 2 is 1.88 bits per heavy atom. The van der Waals surface area contributed by atoms with Crippen molar-refractivity contribution in [2.24, 2.45) is 0 Å². The second kappa shape index (κ2) is 7.78.